The number of aromatic nitrogens is 7. The van der Waals surface area contributed by atoms with E-state index in [9.17, 15) is 22.4 Å². The van der Waals surface area contributed by atoms with E-state index in [-0.39, 0.29) is 29.3 Å². The van der Waals surface area contributed by atoms with Crippen molar-refractivity contribution in [2.24, 2.45) is 14.1 Å². The lowest BCUT2D eigenvalue weighted by Crippen LogP contribution is -2.50. The minimum atomic E-state index is -4.56. The number of piperidine rings is 1. The fourth-order valence-electron chi connectivity index (χ4n) is 5.46. The number of nitrogens with zero attached hydrogens (tertiary/aromatic N) is 7. The van der Waals surface area contributed by atoms with Crippen molar-refractivity contribution in [1.29, 1.82) is 0 Å². The molecule has 2 atom stereocenters. The molecule has 1 N–H and O–H groups in total. The van der Waals surface area contributed by atoms with Crippen molar-refractivity contribution in [3.05, 3.63) is 46.8 Å². The number of hydrogen-bond acceptors (Lipinski definition) is 5. The molecule has 0 spiro atoms. The number of carbonyl (C=O) groups excluding carboxylic acids is 1. The lowest BCUT2D eigenvalue weighted by molar-refractivity contribution is -0.141. The highest BCUT2D eigenvalue weighted by atomic mass is 19.4. The van der Waals surface area contributed by atoms with Gasteiger partial charge < -0.3 is 4.90 Å². The van der Waals surface area contributed by atoms with Crippen LogP contribution < -0.4 is 0 Å². The van der Waals surface area contributed by atoms with Crippen molar-refractivity contribution in [2.75, 3.05) is 0 Å². The molecule has 2 aliphatic rings. The molecule has 1 amide bonds. The molecule has 4 aromatic heterocycles. The van der Waals surface area contributed by atoms with Gasteiger partial charge in [0, 0.05) is 25.7 Å². The standard InChI is InChI=1S/C22H20F4N8O/c1-32-15(8-16(30-32)22(24,25)26)19-12-7-11-4-3-5-14(17(12)31-33(19)2)34(11)21(35)18-13-6-10(23)9-27-20(13)29-28-18/h6,8-9,11,14H,3-5,7H2,1-2H3,(H,27,28,29)/t11-,14+/m0/s1. The molecular formula is C22H20F4N8O. The van der Waals surface area contributed by atoms with Crippen LogP contribution in [0.2, 0.25) is 0 Å². The van der Waals surface area contributed by atoms with E-state index in [1.807, 2.05) is 0 Å². The molecule has 182 valence electrons. The highest BCUT2D eigenvalue weighted by molar-refractivity contribution is 6.04. The van der Waals surface area contributed by atoms with Gasteiger partial charge in [0.15, 0.2) is 11.3 Å². The van der Waals surface area contributed by atoms with E-state index >= 15 is 0 Å². The minimum absolute atomic E-state index is 0.157. The quantitative estimate of drug-likeness (QED) is 0.436. The van der Waals surface area contributed by atoms with Crippen LogP contribution >= 0.6 is 0 Å². The van der Waals surface area contributed by atoms with Gasteiger partial charge in [0.2, 0.25) is 0 Å². The molecule has 1 saturated heterocycles. The van der Waals surface area contributed by atoms with E-state index in [1.54, 1.807) is 16.6 Å². The van der Waals surface area contributed by atoms with E-state index in [2.05, 4.69) is 25.4 Å². The molecular weight excluding hydrogens is 468 g/mol. The minimum Gasteiger partial charge on any atom is -0.325 e. The summed E-state index contributed by atoms with van der Waals surface area (Å²) in [5.74, 6) is -0.898. The van der Waals surface area contributed by atoms with Crippen molar-refractivity contribution >= 4 is 16.9 Å². The zero-order chi connectivity index (χ0) is 24.6. The maximum atomic E-state index is 13.8. The Morgan fingerprint density at radius 2 is 1.94 bits per heavy atom. The van der Waals surface area contributed by atoms with Crippen molar-refractivity contribution in [3.63, 3.8) is 0 Å². The van der Waals surface area contributed by atoms with Gasteiger partial charge in [-0.15, -0.1) is 0 Å². The molecule has 2 aliphatic heterocycles. The van der Waals surface area contributed by atoms with Crippen molar-refractivity contribution in [2.45, 2.75) is 43.9 Å². The van der Waals surface area contributed by atoms with Gasteiger partial charge in [-0.05, 0) is 37.8 Å². The molecule has 0 aromatic carbocycles. The van der Waals surface area contributed by atoms with E-state index in [0.717, 1.165) is 30.7 Å². The number of aryl methyl sites for hydroxylation is 2. The third kappa shape index (κ3) is 3.24. The average molecular weight is 488 g/mol. The summed E-state index contributed by atoms with van der Waals surface area (Å²) in [5.41, 5.74) is 1.80. The molecule has 6 heterocycles. The highest BCUT2D eigenvalue weighted by Gasteiger charge is 2.45. The Bertz CT molecular complexity index is 1480. The number of amides is 1. The number of rotatable bonds is 2. The molecule has 6 rings (SSSR count). The number of nitrogens with one attached hydrogen (secondary N) is 1. The number of carbonyl (C=O) groups is 1. The number of hydrogen-bond donors (Lipinski definition) is 1. The van der Waals surface area contributed by atoms with Crippen molar-refractivity contribution < 1.29 is 22.4 Å². The zero-order valence-corrected chi connectivity index (χ0v) is 18.8. The van der Waals surface area contributed by atoms with Crippen LogP contribution in [0.25, 0.3) is 22.4 Å². The Morgan fingerprint density at radius 1 is 1.14 bits per heavy atom. The molecule has 0 unspecified atom stereocenters. The van der Waals surface area contributed by atoms with Gasteiger partial charge in [0.05, 0.1) is 34.7 Å². The smallest absolute Gasteiger partial charge is 0.325 e. The van der Waals surface area contributed by atoms with Gasteiger partial charge in [-0.2, -0.15) is 28.5 Å². The molecule has 1 fully saturated rings. The second-order valence-electron chi connectivity index (χ2n) is 9.01. The Balaban J connectivity index is 1.43. The normalized spacial score (nSPS) is 19.9. The Kier molecular flexibility index (Phi) is 4.57. The van der Waals surface area contributed by atoms with Crippen molar-refractivity contribution in [3.8, 4) is 11.4 Å². The van der Waals surface area contributed by atoms with Crippen LogP contribution in [0.15, 0.2) is 18.3 Å². The summed E-state index contributed by atoms with van der Waals surface area (Å²) in [6.45, 7) is 0. The molecule has 0 aliphatic carbocycles. The predicted octanol–water partition coefficient (Wildman–Crippen LogP) is 3.54. The summed E-state index contributed by atoms with van der Waals surface area (Å²) in [4.78, 5) is 19.3. The zero-order valence-electron chi connectivity index (χ0n) is 18.8. The van der Waals surface area contributed by atoms with Crippen LogP contribution in [0.3, 0.4) is 0 Å². The molecule has 13 heteroatoms. The number of pyridine rings is 1. The van der Waals surface area contributed by atoms with Gasteiger partial charge in [0.1, 0.15) is 11.5 Å². The second-order valence-corrected chi connectivity index (χ2v) is 9.01. The van der Waals surface area contributed by atoms with Gasteiger partial charge in [0.25, 0.3) is 5.91 Å². The van der Waals surface area contributed by atoms with Crippen LogP contribution in [0.1, 0.15) is 52.7 Å². The van der Waals surface area contributed by atoms with Gasteiger partial charge in [-0.3, -0.25) is 19.3 Å². The third-order valence-corrected chi connectivity index (χ3v) is 6.91. The van der Waals surface area contributed by atoms with Crippen LogP contribution in [0.4, 0.5) is 17.6 Å². The number of fused-ring (bicyclic) bond motifs is 5. The average Bonchev–Trinajstić information content (AvgIpc) is 3.47. The van der Waals surface area contributed by atoms with Gasteiger partial charge in [-0.1, -0.05) is 0 Å². The first-order valence-electron chi connectivity index (χ1n) is 11.1. The first-order valence-corrected chi connectivity index (χ1v) is 11.1. The van der Waals surface area contributed by atoms with Gasteiger partial charge in [-0.25, -0.2) is 9.37 Å². The maximum absolute atomic E-state index is 13.8. The number of alkyl halides is 3. The second kappa shape index (κ2) is 7.36. The highest BCUT2D eigenvalue weighted by Crippen LogP contribution is 2.45. The Morgan fingerprint density at radius 3 is 2.69 bits per heavy atom. The van der Waals surface area contributed by atoms with E-state index < -0.39 is 17.7 Å². The first-order chi connectivity index (χ1) is 16.6. The number of aromatic amines is 1. The predicted molar refractivity (Wildman–Crippen MR) is 115 cm³/mol. The topological polar surface area (TPSA) is 97.5 Å². The van der Waals surface area contributed by atoms with Crippen LogP contribution in [-0.2, 0) is 26.7 Å². The maximum Gasteiger partial charge on any atom is 0.435 e. The van der Waals surface area contributed by atoms with E-state index in [1.165, 1.54) is 17.8 Å². The van der Waals surface area contributed by atoms with Crippen molar-refractivity contribution in [1.82, 2.24) is 39.6 Å². The van der Waals surface area contributed by atoms with Crippen LogP contribution in [0, 0.1) is 5.82 Å². The molecule has 35 heavy (non-hydrogen) atoms. The Hall–Kier alpha value is -3.77. The lowest BCUT2D eigenvalue weighted by Gasteiger charge is -2.45. The fraction of sp³-hybridized carbons (Fsp3) is 0.409. The molecule has 9 nitrogen and oxygen atoms in total. The first kappa shape index (κ1) is 21.7. The fourth-order valence-corrected chi connectivity index (χ4v) is 5.46. The summed E-state index contributed by atoms with van der Waals surface area (Å²) in [6, 6.07) is 1.71. The van der Waals surface area contributed by atoms with Crippen LogP contribution in [0.5, 0.6) is 0 Å². The molecule has 4 aromatic rings. The van der Waals surface area contributed by atoms with Crippen LogP contribution in [-0.4, -0.2) is 51.6 Å². The SMILES string of the molecule is Cn1nc(C(F)(F)F)cc1-c1c2c(nn1C)[C@H]1CCC[C@@H](C2)N1C(=O)c1[nH]nc2ncc(F)cc12. The van der Waals surface area contributed by atoms with E-state index in [4.69, 9.17) is 0 Å². The number of H-pyrrole nitrogens is 1. The Labute approximate surface area is 195 Å². The molecule has 0 radical (unpaired) electrons. The largest absolute Gasteiger partial charge is 0.435 e. The summed E-state index contributed by atoms with van der Waals surface area (Å²) in [5, 5.41) is 15.3. The summed E-state index contributed by atoms with van der Waals surface area (Å²) in [6.07, 6.45) is -0.815. The monoisotopic (exact) mass is 488 g/mol. The summed E-state index contributed by atoms with van der Waals surface area (Å²) >= 11 is 0. The lowest BCUT2D eigenvalue weighted by atomic mass is 9.82. The third-order valence-electron chi connectivity index (χ3n) is 6.91. The molecule has 2 bridgehead atoms. The van der Waals surface area contributed by atoms with Gasteiger partial charge >= 0.3 is 6.18 Å². The summed E-state index contributed by atoms with van der Waals surface area (Å²) < 4.78 is 56.5. The molecule has 0 saturated carbocycles. The number of halogens is 4. The van der Waals surface area contributed by atoms with E-state index in [0.29, 0.717) is 35.3 Å². The summed E-state index contributed by atoms with van der Waals surface area (Å²) in [7, 11) is 3.15.